The van der Waals surface area contributed by atoms with Crippen molar-refractivity contribution in [3.8, 4) is 11.4 Å². The van der Waals surface area contributed by atoms with Crippen molar-refractivity contribution in [2.75, 3.05) is 0 Å². The maximum Gasteiger partial charge on any atom is 0.264 e. The molecule has 0 unspecified atom stereocenters. The zero-order chi connectivity index (χ0) is 12.5. The van der Waals surface area contributed by atoms with Crippen LogP contribution in [0.3, 0.4) is 0 Å². The summed E-state index contributed by atoms with van der Waals surface area (Å²) in [6.45, 7) is 1.94. The highest BCUT2D eigenvalue weighted by Crippen LogP contribution is 2.20. The van der Waals surface area contributed by atoms with E-state index >= 15 is 0 Å². The highest BCUT2D eigenvalue weighted by Gasteiger charge is 2.12. The van der Waals surface area contributed by atoms with Gasteiger partial charge in [0.25, 0.3) is 9.05 Å². The van der Waals surface area contributed by atoms with Crippen LogP contribution in [0.5, 0.6) is 0 Å². The number of rotatable bonds is 2. The molecule has 0 aliphatic carbocycles. The Morgan fingerprint density at radius 1 is 1.12 bits per heavy atom. The van der Waals surface area contributed by atoms with Crippen molar-refractivity contribution in [1.82, 2.24) is 9.97 Å². The normalized spacial score (nSPS) is 11.4. The molecule has 0 aliphatic heterocycles. The van der Waals surface area contributed by atoms with Gasteiger partial charge in [0.2, 0.25) is 0 Å². The molecule has 4 nitrogen and oxygen atoms in total. The summed E-state index contributed by atoms with van der Waals surface area (Å²) in [5.41, 5.74) is 1.89. The van der Waals surface area contributed by atoms with Crippen molar-refractivity contribution in [3.05, 3.63) is 42.2 Å². The predicted molar refractivity (Wildman–Crippen MR) is 65.2 cm³/mol. The Labute approximate surface area is 104 Å². The Hall–Kier alpha value is -1.46. The van der Waals surface area contributed by atoms with E-state index in [1.165, 1.54) is 12.4 Å². The van der Waals surface area contributed by atoms with Crippen LogP contribution in [-0.2, 0) is 9.05 Å². The summed E-state index contributed by atoms with van der Waals surface area (Å²) in [7, 11) is 1.42. The minimum absolute atomic E-state index is 0.100. The number of aromatic nitrogens is 2. The van der Waals surface area contributed by atoms with Gasteiger partial charge in [0.15, 0.2) is 5.82 Å². The minimum Gasteiger partial charge on any atom is -0.235 e. The van der Waals surface area contributed by atoms with Gasteiger partial charge in [-0.1, -0.05) is 24.3 Å². The summed E-state index contributed by atoms with van der Waals surface area (Å²) < 4.78 is 22.1. The van der Waals surface area contributed by atoms with Gasteiger partial charge in [0.05, 0.1) is 12.4 Å². The van der Waals surface area contributed by atoms with Crippen LogP contribution < -0.4 is 0 Å². The largest absolute Gasteiger partial charge is 0.264 e. The third-order valence-electron chi connectivity index (χ3n) is 2.30. The maximum atomic E-state index is 11.0. The monoisotopic (exact) mass is 268 g/mol. The summed E-state index contributed by atoms with van der Waals surface area (Å²) in [6, 6.07) is 7.60. The Morgan fingerprint density at radius 2 is 1.71 bits per heavy atom. The van der Waals surface area contributed by atoms with Crippen LogP contribution in [-0.4, -0.2) is 18.4 Å². The van der Waals surface area contributed by atoms with Crippen molar-refractivity contribution in [2.45, 2.75) is 11.8 Å². The van der Waals surface area contributed by atoms with E-state index in [1.807, 2.05) is 31.2 Å². The molecule has 1 heterocycles. The van der Waals surface area contributed by atoms with Crippen LogP contribution in [0.25, 0.3) is 11.4 Å². The second kappa shape index (κ2) is 4.43. The first kappa shape index (κ1) is 12.0. The smallest absolute Gasteiger partial charge is 0.235 e. The van der Waals surface area contributed by atoms with Gasteiger partial charge in [-0.3, -0.25) is 0 Å². The molecule has 0 spiro atoms. The predicted octanol–water partition coefficient (Wildman–Crippen LogP) is 2.38. The zero-order valence-corrected chi connectivity index (χ0v) is 10.5. The standard InChI is InChI=1S/C11H9ClN2O2S/c1-8-4-2-3-5-10(8)11-13-6-9(7-14-11)17(12,15)16/h2-7H,1H3. The topological polar surface area (TPSA) is 59.9 Å². The molecule has 6 heteroatoms. The van der Waals surface area contributed by atoms with Crippen LogP contribution in [0, 0.1) is 6.92 Å². The van der Waals surface area contributed by atoms with Gasteiger partial charge in [-0.2, -0.15) is 0 Å². The molecule has 0 fully saturated rings. The van der Waals surface area contributed by atoms with E-state index in [4.69, 9.17) is 10.7 Å². The number of hydrogen-bond donors (Lipinski definition) is 0. The van der Waals surface area contributed by atoms with Gasteiger partial charge in [-0.25, -0.2) is 18.4 Å². The summed E-state index contributed by atoms with van der Waals surface area (Å²) in [6.07, 6.45) is 2.41. The lowest BCUT2D eigenvalue weighted by molar-refractivity contribution is 0.609. The molecule has 1 aromatic heterocycles. The number of hydrogen-bond acceptors (Lipinski definition) is 4. The average Bonchev–Trinajstić information content (AvgIpc) is 2.29. The molecule has 1 aromatic carbocycles. The van der Waals surface area contributed by atoms with Gasteiger partial charge in [-0.05, 0) is 12.5 Å². The molecule has 0 aliphatic rings. The fraction of sp³-hybridized carbons (Fsp3) is 0.0909. The van der Waals surface area contributed by atoms with Crippen molar-refractivity contribution in [2.24, 2.45) is 0 Å². The molecule has 0 atom stereocenters. The molecule has 0 N–H and O–H groups in total. The summed E-state index contributed by atoms with van der Waals surface area (Å²) in [4.78, 5) is 7.90. The molecule has 0 radical (unpaired) electrons. The highest BCUT2D eigenvalue weighted by atomic mass is 35.7. The van der Waals surface area contributed by atoms with Gasteiger partial charge in [0, 0.05) is 16.2 Å². The second-order valence-corrected chi connectivity index (χ2v) is 6.06. The molecule has 2 aromatic rings. The number of nitrogens with zero attached hydrogens (tertiary/aromatic N) is 2. The van der Waals surface area contributed by atoms with Crippen LogP contribution in [0.4, 0.5) is 0 Å². The summed E-state index contributed by atoms with van der Waals surface area (Å²) in [5.74, 6) is 0.479. The van der Waals surface area contributed by atoms with E-state index in [0.717, 1.165) is 11.1 Å². The van der Waals surface area contributed by atoms with E-state index in [0.29, 0.717) is 5.82 Å². The van der Waals surface area contributed by atoms with Gasteiger partial charge in [0.1, 0.15) is 4.90 Å². The molecule has 0 bridgehead atoms. The van der Waals surface area contributed by atoms with Crippen LogP contribution in [0.1, 0.15) is 5.56 Å². The van der Waals surface area contributed by atoms with Crippen molar-refractivity contribution in [3.63, 3.8) is 0 Å². The third kappa shape index (κ3) is 2.62. The maximum absolute atomic E-state index is 11.0. The first-order valence-corrected chi connectivity index (χ1v) is 7.12. The summed E-state index contributed by atoms with van der Waals surface area (Å²) >= 11 is 0. The van der Waals surface area contributed by atoms with E-state index in [9.17, 15) is 8.42 Å². The van der Waals surface area contributed by atoms with Crippen molar-refractivity contribution >= 4 is 19.7 Å². The lowest BCUT2D eigenvalue weighted by Gasteiger charge is -2.03. The molecule has 0 saturated heterocycles. The fourth-order valence-corrected chi connectivity index (χ4v) is 2.00. The first-order chi connectivity index (χ1) is 7.98. The Balaban J connectivity index is 2.47. The first-order valence-electron chi connectivity index (χ1n) is 4.81. The number of halogens is 1. The van der Waals surface area contributed by atoms with Gasteiger partial charge < -0.3 is 0 Å². The van der Waals surface area contributed by atoms with Crippen LogP contribution in [0.15, 0.2) is 41.6 Å². The van der Waals surface area contributed by atoms with E-state index in [2.05, 4.69) is 9.97 Å². The fourth-order valence-electron chi connectivity index (χ4n) is 1.40. The highest BCUT2D eigenvalue weighted by molar-refractivity contribution is 8.13. The van der Waals surface area contributed by atoms with Crippen LogP contribution in [0.2, 0.25) is 0 Å². The quantitative estimate of drug-likeness (QED) is 0.785. The summed E-state index contributed by atoms with van der Waals surface area (Å²) in [5, 5.41) is 0. The van der Waals surface area contributed by atoms with Crippen LogP contribution >= 0.6 is 10.7 Å². The van der Waals surface area contributed by atoms with Gasteiger partial charge >= 0.3 is 0 Å². The Morgan fingerprint density at radius 3 is 2.24 bits per heavy atom. The third-order valence-corrected chi connectivity index (χ3v) is 3.60. The number of aryl methyl sites for hydroxylation is 1. The van der Waals surface area contributed by atoms with Gasteiger partial charge in [-0.15, -0.1) is 0 Å². The Kier molecular flexibility index (Phi) is 3.13. The molecule has 17 heavy (non-hydrogen) atoms. The lowest BCUT2D eigenvalue weighted by atomic mass is 10.1. The van der Waals surface area contributed by atoms with E-state index in [1.54, 1.807) is 0 Å². The zero-order valence-electron chi connectivity index (χ0n) is 8.96. The van der Waals surface area contributed by atoms with Crippen molar-refractivity contribution in [1.29, 1.82) is 0 Å². The average molecular weight is 269 g/mol. The molecular formula is C11H9ClN2O2S. The molecule has 2 rings (SSSR count). The number of benzene rings is 1. The minimum atomic E-state index is -3.76. The molecular weight excluding hydrogens is 260 g/mol. The lowest BCUT2D eigenvalue weighted by Crippen LogP contribution is -1.96. The van der Waals surface area contributed by atoms with E-state index < -0.39 is 9.05 Å². The molecule has 88 valence electrons. The second-order valence-electron chi connectivity index (χ2n) is 3.50. The SMILES string of the molecule is Cc1ccccc1-c1ncc(S(=O)(=O)Cl)cn1. The molecule has 0 amide bonds. The molecule has 0 saturated carbocycles. The Bertz CT molecular complexity index is 639. The van der Waals surface area contributed by atoms with Crippen molar-refractivity contribution < 1.29 is 8.42 Å². The van der Waals surface area contributed by atoms with E-state index in [-0.39, 0.29) is 4.90 Å².